The normalized spacial score (nSPS) is 10.8. The number of ether oxygens (including phenoxy) is 2. The number of nitrogen functional groups attached to an aromatic ring is 1. The molecular formula is C23H23N7O4. The number of para-hydroxylation sites is 1. The number of hydrogen-bond donors (Lipinski definition) is 4. The van der Waals surface area contributed by atoms with Gasteiger partial charge in [0.2, 0.25) is 0 Å². The van der Waals surface area contributed by atoms with E-state index in [4.69, 9.17) is 20.6 Å². The van der Waals surface area contributed by atoms with Crippen molar-refractivity contribution in [2.24, 2.45) is 5.73 Å². The zero-order valence-corrected chi connectivity index (χ0v) is 18.6. The van der Waals surface area contributed by atoms with Gasteiger partial charge in [0, 0.05) is 5.56 Å². The summed E-state index contributed by atoms with van der Waals surface area (Å²) in [6, 6.07) is 11.6. The topological polar surface area (TPSA) is 161 Å². The fourth-order valence-electron chi connectivity index (χ4n) is 3.41. The van der Waals surface area contributed by atoms with Gasteiger partial charge >= 0.3 is 12.0 Å². The van der Waals surface area contributed by atoms with E-state index in [0.29, 0.717) is 39.6 Å². The summed E-state index contributed by atoms with van der Waals surface area (Å²) in [5.41, 5.74) is 8.97. The van der Waals surface area contributed by atoms with Gasteiger partial charge in [0.15, 0.2) is 5.82 Å². The molecule has 11 nitrogen and oxygen atoms in total. The van der Waals surface area contributed by atoms with Crippen molar-refractivity contribution in [1.82, 2.24) is 24.8 Å². The largest absolute Gasteiger partial charge is 0.491 e. The van der Waals surface area contributed by atoms with Gasteiger partial charge in [-0.3, -0.25) is 9.98 Å². The number of amides is 1. The van der Waals surface area contributed by atoms with Crippen LogP contribution in [0, 0.1) is 12.3 Å². The van der Waals surface area contributed by atoms with Gasteiger partial charge in [-0.2, -0.15) is 0 Å². The number of H-pyrrole nitrogens is 1. The number of imidazole rings is 2. The summed E-state index contributed by atoms with van der Waals surface area (Å²) in [4.78, 5) is 36.5. The number of hydrogen-bond acceptors (Lipinski definition) is 7. The van der Waals surface area contributed by atoms with Gasteiger partial charge in [0.25, 0.3) is 0 Å². The summed E-state index contributed by atoms with van der Waals surface area (Å²) in [6.45, 7) is 2.13. The Balaban J connectivity index is 1.41. The first-order valence-corrected chi connectivity index (χ1v) is 10.4. The lowest BCUT2D eigenvalue weighted by atomic mass is 10.2. The number of fused-ring (bicyclic) bond motifs is 1. The second-order valence-corrected chi connectivity index (χ2v) is 7.35. The quantitative estimate of drug-likeness (QED) is 0.142. The van der Waals surface area contributed by atoms with E-state index < -0.39 is 5.97 Å². The number of carbonyl (C=O) groups is 2. The van der Waals surface area contributed by atoms with Gasteiger partial charge in [0.05, 0.1) is 30.4 Å². The molecule has 0 aliphatic rings. The number of methoxy groups -OCH3 is 1. The van der Waals surface area contributed by atoms with E-state index >= 15 is 0 Å². The van der Waals surface area contributed by atoms with Crippen LogP contribution in [-0.4, -0.2) is 57.6 Å². The second kappa shape index (κ2) is 9.45. The van der Waals surface area contributed by atoms with Gasteiger partial charge in [-0.05, 0) is 37.3 Å². The smallest absolute Gasteiger partial charge is 0.341 e. The van der Waals surface area contributed by atoms with E-state index in [1.54, 1.807) is 49.4 Å². The first-order chi connectivity index (χ1) is 16.4. The molecule has 0 unspecified atom stereocenters. The highest BCUT2D eigenvalue weighted by Crippen LogP contribution is 2.23. The van der Waals surface area contributed by atoms with Crippen molar-refractivity contribution in [3.05, 3.63) is 65.6 Å². The maximum atomic E-state index is 12.6. The summed E-state index contributed by atoms with van der Waals surface area (Å²) < 4.78 is 11.8. The van der Waals surface area contributed by atoms with E-state index in [9.17, 15) is 9.59 Å². The molecular weight excluding hydrogens is 438 g/mol. The fourth-order valence-corrected chi connectivity index (χ4v) is 3.41. The molecule has 0 aliphatic carbocycles. The Morgan fingerprint density at radius 1 is 1.24 bits per heavy atom. The number of esters is 1. The monoisotopic (exact) mass is 461 g/mol. The molecule has 4 aromatic rings. The van der Waals surface area contributed by atoms with Crippen molar-refractivity contribution in [1.29, 1.82) is 5.41 Å². The molecule has 0 fully saturated rings. The van der Waals surface area contributed by atoms with E-state index in [1.165, 1.54) is 18.0 Å². The molecule has 0 bridgehead atoms. The average molecular weight is 461 g/mol. The number of benzene rings is 2. The first-order valence-electron chi connectivity index (χ1n) is 10.4. The maximum Gasteiger partial charge on any atom is 0.341 e. The highest BCUT2D eigenvalue weighted by Gasteiger charge is 2.17. The fraction of sp³-hybridized carbons (Fsp3) is 0.174. The molecule has 11 heteroatoms. The Hall–Kier alpha value is -4.67. The molecule has 34 heavy (non-hydrogen) atoms. The minimum Gasteiger partial charge on any atom is -0.491 e. The zero-order chi connectivity index (χ0) is 24.2. The lowest BCUT2D eigenvalue weighted by molar-refractivity contribution is 0.0596. The molecule has 174 valence electrons. The zero-order valence-electron chi connectivity index (χ0n) is 18.6. The average Bonchev–Trinajstić information content (AvgIpc) is 3.43. The number of aromatic nitrogens is 4. The molecule has 0 atom stereocenters. The van der Waals surface area contributed by atoms with E-state index in [-0.39, 0.29) is 25.0 Å². The summed E-state index contributed by atoms with van der Waals surface area (Å²) in [6.07, 6.45) is 1.42. The third kappa shape index (κ3) is 4.44. The highest BCUT2D eigenvalue weighted by atomic mass is 16.5. The summed E-state index contributed by atoms with van der Waals surface area (Å²) >= 11 is 0. The first kappa shape index (κ1) is 22.5. The molecule has 4 rings (SSSR count). The Labute approximate surface area is 194 Å². The van der Waals surface area contributed by atoms with Crippen LogP contribution in [0.1, 0.15) is 21.6 Å². The Morgan fingerprint density at radius 2 is 2.03 bits per heavy atom. The lowest BCUT2D eigenvalue weighted by Crippen LogP contribution is -2.32. The second-order valence-electron chi connectivity index (χ2n) is 7.35. The van der Waals surface area contributed by atoms with Crippen molar-refractivity contribution >= 4 is 28.9 Å². The number of nitrogens with one attached hydrogen (secondary N) is 3. The Bertz CT molecular complexity index is 1390. The number of amidine groups is 1. The standard InChI is InChI=1S/C23H23N7O4/c1-13-19(21-28-16-8-7-14(20(24)25)11-17(16)29-21)27-12-30(13)23(32)26-9-10-34-18-6-4-3-5-15(18)22(31)33-2/h3-8,11-12H,9-10H2,1-2H3,(H3,24,25)(H,26,32)(H,28,29). The maximum absolute atomic E-state index is 12.6. The van der Waals surface area contributed by atoms with Crippen LogP contribution in [-0.2, 0) is 4.74 Å². The van der Waals surface area contributed by atoms with Crippen LogP contribution in [0.3, 0.4) is 0 Å². The van der Waals surface area contributed by atoms with Crippen LogP contribution in [0.2, 0.25) is 0 Å². The van der Waals surface area contributed by atoms with Gasteiger partial charge in [-0.1, -0.05) is 12.1 Å². The molecule has 2 heterocycles. The molecule has 2 aromatic carbocycles. The molecule has 0 radical (unpaired) electrons. The third-order valence-corrected chi connectivity index (χ3v) is 5.17. The van der Waals surface area contributed by atoms with E-state index in [2.05, 4.69) is 20.3 Å². The number of nitrogens with zero attached hydrogens (tertiary/aromatic N) is 3. The van der Waals surface area contributed by atoms with Crippen LogP contribution >= 0.6 is 0 Å². The van der Waals surface area contributed by atoms with Gasteiger partial charge in [0.1, 0.15) is 35.8 Å². The van der Waals surface area contributed by atoms with Crippen molar-refractivity contribution in [3.63, 3.8) is 0 Å². The molecule has 5 N–H and O–H groups in total. The molecule has 1 amide bonds. The highest BCUT2D eigenvalue weighted by molar-refractivity contribution is 5.98. The number of rotatable bonds is 7. The summed E-state index contributed by atoms with van der Waals surface area (Å²) in [5.74, 6) is 0.343. The minimum absolute atomic E-state index is 0.0404. The molecule has 2 aromatic heterocycles. The van der Waals surface area contributed by atoms with Crippen molar-refractivity contribution in [2.75, 3.05) is 20.3 Å². The lowest BCUT2D eigenvalue weighted by Gasteiger charge is -2.11. The van der Waals surface area contributed by atoms with Gasteiger partial charge in [-0.15, -0.1) is 0 Å². The third-order valence-electron chi connectivity index (χ3n) is 5.17. The van der Waals surface area contributed by atoms with Crippen LogP contribution in [0.25, 0.3) is 22.6 Å². The van der Waals surface area contributed by atoms with Crippen LogP contribution in [0.15, 0.2) is 48.8 Å². The minimum atomic E-state index is -0.496. The van der Waals surface area contributed by atoms with Gasteiger partial charge < -0.3 is 25.5 Å². The predicted octanol–water partition coefficient (Wildman–Crippen LogP) is 2.44. The van der Waals surface area contributed by atoms with Gasteiger partial charge in [-0.25, -0.2) is 19.6 Å². The van der Waals surface area contributed by atoms with E-state index in [0.717, 1.165) is 5.52 Å². The molecule has 0 saturated heterocycles. The molecule has 0 spiro atoms. The summed E-state index contributed by atoms with van der Waals surface area (Å²) in [7, 11) is 1.30. The van der Waals surface area contributed by atoms with Crippen molar-refractivity contribution < 1.29 is 19.1 Å². The SMILES string of the molecule is COC(=O)c1ccccc1OCCNC(=O)n1cnc(-c2nc3cc(C(=N)N)ccc3[nH]2)c1C. The van der Waals surface area contributed by atoms with Crippen molar-refractivity contribution in [3.8, 4) is 17.3 Å². The molecule has 0 aliphatic heterocycles. The Kier molecular flexibility index (Phi) is 6.26. The Morgan fingerprint density at radius 3 is 2.79 bits per heavy atom. The number of aromatic amines is 1. The summed E-state index contributed by atoms with van der Waals surface area (Å²) in [5, 5.41) is 10.3. The predicted molar refractivity (Wildman–Crippen MR) is 125 cm³/mol. The number of carbonyl (C=O) groups excluding carboxylic acids is 2. The van der Waals surface area contributed by atoms with Crippen LogP contribution in [0.4, 0.5) is 4.79 Å². The van der Waals surface area contributed by atoms with Crippen molar-refractivity contribution in [2.45, 2.75) is 6.92 Å². The van der Waals surface area contributed by atoms with E-state index in [1.807, 2.05) is 0 Å². The van der Waals surface area contributed by atoms with Crippen LogP contribution < -0.4 is 15.8 Å². The molecule has 0 saturated carbocycles. The number of nitrogens with two attached hydrogens (primary N) is 1. The van der Waals surface area contributed by atoms with Crippen LogP contribution in [0.5, 0.6) is 5.75 Å².